The lowest BCUT2D eigenvalue weighted by Gasteiger charge is -2.38. The van der Waals surface area contributed by atoms with Gasteiger partial charge in [0.1, 0.15) is 0 Å². The summed E-state index contributed by atoms with van der Waals surface area (Å²) in [4.78, 5) is 28.7. The first-order chi connectivity index (χ1) is 11.4. The van der Waals surface area contributed by atoms with Crippen molar-refractivity contribution in [2.24, 2.45) is 5.73 Å². The zero-order valence-electron chi connectivity index (χ0n) is 15.0. The van der Waals surface area contributed by atoms with Crippen molar-refractivity contribution < 1.29 is 9.59 Å². The van der Waals surface area contributed by atoms with E-state index in [2.05, 4.69) is 6.92 Å². The molecule has 1 aliphatic heterocycles. The molecule has 0 spiro atoms. The van der Waals surface area contributed by atoms with Crippen LogP contribution in [-0.4, -0.2) is 53.3 Å². The molecular weight excluding hydrogens is 302 g/mol. The van der Waals surface area contributed by atoms with Crippen molar-refractivity contribution in [3.8, 4) is 0 Å². The van der Waals surface area contributed by atoms with Gasteiger partial charge in [0.15, 0.2) is 0 Å². The fourth-order valence-electron chi connectivity index (χ4n) is 3.17. The maximum atomic E-state index is 12.6. The number of carbonyl (C=O) groups is 2. The number of nitrogens with two attached hydrogens (primary N) is 1. The molecule has 1 aromatic rings. The van der Waals surface area contributed by atoms with Gasteiger partial charge >= 0.3 is 0 Å². The number of amides is 2. The van der Waals surface area contributed by atoms with Crippen molar-refractivity contribution in [1.82, 2.24) is 9.80 Å². The minimum absolute atomic E-state index is 0.0104. The molecule has 5 nitrogen and oxygen atoms in total. The van der Waals surface area contributed by atoms with E-state index in [4.69, 9.17) is 5.73 Å². The van der Waals surface area contributed by atoms with Crippen LogP contribution in [-0.2, 0) is 11.2 Å². The summed E-state index contributed by atoms with van der Waals surface area (Å²) in [5, 5.41) is 0. The molecule has 0 saturated carbocycles. The van der Waals surface area contributed by atoms with Crippen LogP contribution in [0.1, 0.15) is 49.5 Å². The summed E-state index contributed by atoms with van der Waals surface area (Å²) in [6.45, 7) is 8.13. The van der Waals surface area contributed by atoms with E-state index in [1.165, 1.54) is 5.56 Å². The zero-order valence-corrected chi connectivity index (χ0v) is 15.0. The van der Waals surface area contributed by atoms with Gasteiger partial charge in [-0.2, -0.15) is 0 Å². The molecule has 2 N–H and O–H groups in total. The first-order valence-electron chi connectivity index (χ1n) is 8.85. The van der Waals surface area contributed by atoms with Crippen LogP contribution in [0.2, 0.25) is 0 Å². The van der Waals surface area contributed by atoms with Crippen LogP contribution < -0.4 is 5.73 Å². The number of piperazine rings is 1. The highest BCUT2D eigenvalue weighted by molar-refractivity contribution is 5.94. The number of nitrogens with zero attached hydrogens (tertiary/aromatic N) is 2. The summed E-state index contributed by atoms with van der Waals surface area (Å²) in [7, 11) is 0. The van der Waals surface area contributed by atoms with Gasteiger partial charge in [-0.05, 0) is 37.5 Å². The summed E-state index contributed by atoms with van der Waals surface area (Å²) in [6.07, 6.45) is 2.52. The molecule has 1 saturated heterocycles. The molecule has 1 heterocycles. The van der Waals surface area contributed by atoms with E-state index in [1.54, 1.807) is 11.8 Å². The normalized spacial score (nSPS) is 17.5. The molecule has 0 radical (unpaired) electrons. The lowest BCUT2D eigenvalue weighted by Crippen LogP contribution is -2.58. The van der Waals surface area contributed by atoms with Crippen LogP contribution in [0.25, 0.3) is 0 Å². The number of hydrogen-bond acceptors (Lipinski definition) is 3. The predicted octanol–water partition coefficient (Wildman–Crippen LogP) is 2.05. The smallest absolute Gasteiger partial charge is 0.253 e. The lowest BCUT2D eigenvalue weighted by atomic mass is 9.95. The number of benzene rings is 1. The Balaban J connectivity index is 1.94. The molecular formula is C19H29N3O2. The largest absolute Gasteiger partial charge is 0.338 e. The van der Waals surface area contributed by atoms with Gasteiger partial charge in [0.05, 0.1) is 5.54 Å². The summed E-state index contributed by atoms with van der Waals surface area (Å²) in [6, 6.07) is 7.77. The van der Waals surface area contributed by atoms with Crippen molar-refractivity contribution in [3.63, 3.8) is 0 Å². The zero-order chi connectivity index (χ0) is 17.7. The fraction of sp³-hybridized carbons (Fsp3) is 0.579. The van der Waals surface area contributed by atoms with E-state index < -0.39 is 5.54 Å². The van der Waals surface area contributed by atoms with E-state index in [9.17, 15) is 9.59 Å². The average Bonchev–Trinajstić information content (AvgIpc) is 2.60. The van der Waals surface area contributed by atoms with Gasteiger partial charge in [-0.15, -0.1) is 0 Å². The third-order valence-electron chi connectivity index (χ3n) is 4.72. The summed E-state index contributed by atoms with van der Waals surface area (Å²) >= 11 is 0. The molecule has 1 fully saturated rings. The van der Waals surface area contributed by atoms with E-state index in [-0.39, 0.29) is 11.8 Å². The highest BCUT2D eigenvalue weighted by atomic mass is 16.2. The van der Waals surface area contributed by atoms with Crippen LogP contribution in [0.4, 0.5) is 0 Å². The molecule has 2 amide bonds. The van der Waals surface area contributed by atoms with Crippen molar-refractivity contribution in [3.05, 3.63) is 35.4 Å². The molecule has 0 aliphatic carbocycles. The van der Waals surface area contributed by atoms with Crippen LogP contribution >= 0.6 is 0 Å². The van der Waals surface area contributed by atoms with Gasteiger partial charge in [-0.1, -0.05) is 32.4 Å². The number of hydrogen-bond donors (Lipinski definition) is 1. The van der Waals surface area contributed by atoms with Crippen LogP contribution in [0.15, 0.2) is 24.3 Å². The maximum absolute atomic E-state index is 12.6. The second-order valence-corrected chi connectivity index (χ2v) is 6.80. The molecule has 1 aromatic carbocycles. The van der Waals surface area contributed by atoms with E-state index in [0.717, 1.165) is 12.8 Å². The van der Waals surface area contributed by atoms with Crippen molar-refractivity contribution >= 4 is 11.8 Å². The number of aryl methyl sites for hydroxylation is 1. The quantitative estimate of drug-likeness (QED) is 0.898. The molecule has 0 bridgehead atoms. The highest BCUT2D eigenvalue weighted by Crippen LogP contribution is 2.16. The third-order valence-corrected chi connectivity index (χ3v) is 4.72. The lowest BCUT2D eigenvalue weighted by molar-refractivity contribution is -0.138. The van der Waals surface area contributed by atoms with Gasteiger partial charge in [0.2, 0.25) is 5.91 Å². The van der Waals surface area contributed by atoms with E-state index in [1.807, 2.05) is 36.1 Å². The Morgan fingerprint density at radius 3 is 2.08 bits per heavy atom. The van der Waals surface area contributed by atoms with Crippen molar-refractivity contribution in [2.45, 2.75) is 45.6 Å². The molecule has 1 aliphatic rings. The van der Waals surface area contributed by atoms with Gasteiger partial charge in [-0.25, -0.2) is 0 Å². The minimum Gasteiger partial charge on any atom is -0.338 e. The summed E-state index contributed by atoms with van der Waals surface area (Å²) in [5.41, 5.74) is 7.27. The molecule has 132 valence electrons. The number of carbonyl (C=O) groups excluding carboxylic acids is 2. The summed E-state index contributed by atoms with van der Waals surface area (Å²) in [5.74, 6) is 0.0255. The molecule has 0 aromatic heterocycles. The Bertz CT molecular complexity index is 573. The second kappa shape index (κ2) is 7.79. The Labute approximate surface area is 144 Å². The fourth-order valence-corrected chi connectivity index (χ4v) is 3.17. The summed E-state index contributed by atoms with van der Waals surface area (Å²) < 4.78 is 0. The molecule has 5 heteroatoms. The molecule has 1 unspecified atom stereocenters. The van der Waals surface area contributed by atoms with Gasteiger partial charge in [-0.3, -0.25) is 9.59 Å². The molecule has 2 rings (SSSR count). The van der Waals surface area contributed by atoms with Gasteiger partial charge < -0.3 is 15.5 Å². The van der Waals surface area contributed by atoms with Crippen molar-refractivity contribution in [2.75, 3.05) is 26.2 Å². The average molecular weight is 331 g/mol. The highest BCUT2D eigenvalue weighted by Gasteiger charge is 2.34. The Morgan fingerprint density at radius 1 is 1.04 bits per heavy atom. The molecule has 1 atom stereocenters. The van der Waals surface area contributed by atoms with Crippen molar-refractivity contribution in [1.29, 1.82) is 0 Å². The predicted molar refractivity (Wildman–Crippen MR) is 95.8 cm³/mol. The monoisotopic (exact) mass is 331 g/mol. The SMILES string of the molecule is CCCC(C)(N)C(=O)N1CCN(C(=O)c2ccc(CC)cc2)CC1. The van der Waals surface area contributed by atoms with Gasteiger partial charge in [0, 0.05) is 31.7 Å². The van der Waals surface area contributed by atoms with Crippen LogP contribution in [0.3, 0.4) is 0 Å². The van der Waals surface area contributed by atoms with Crippen LogP contribution in [0.5, 0.6) is 0 Å². The van der Waals surface area contributed by atoms with Crippen LogP contribution in [0, 0.1) is 0 Å². The number of rotatable bonds is 5. The van der Waals surface area contributed by atoms with Gasteiger partial charge in [0.25, 0.3) is 5.91 Å². The second-order valence-electron chi connectivity index (χ2n) is 6.80. The standard InChI is InChI=1S/C19H29N3O2/c1-4-10-19(3,20)18(24)22-13-11-21(12-14-22)17(23)16-8-6-15(5-2)7-9-16/h6-9H,4-5,10-14,20H2,1-3H3. The minimum atomic E-state index is -0.809. The molecule has 24 heavy (non-hydrogen) atoms. The Morgan fingerprint density at radius 2 is 1.58 bits per heavy atom. The first kappa shape index (κ1) is 18.5. The first-order valence-corrected chi connectivity index (χ1v) is 8.85. The van der Waals surface area contributed by atoms with E-state index in [0.29, 0.717) is 38.2 Å². The Kier molecular flexibility index (Phi) is 5.99. The Hall–Kier alpha value is -1.88. The topological polar surface area (TPSA) is 66.6 Å². The third kappa shape index (κ3) is 4.15. The maximum Gasteiger partial charge on any atom is 0.253 e. The van der Waals surface area contributed by atoms with E-state index >= 15 is 0 Å².